The second-order valence-electron chi connectivity index (χ2n) is 12.6. The highest BCUT2D eigenvalue weighted by molar-refractivity contribution is 7.00. The smallest absolute Gasteiger partial charge is 0.252 e. The molecule has 0 aliphatic carbocycles. The Kier molecular flexibility index (Phi) is 5.59. The van der Waals surface area contributed by atoms with Gasteiger partial charge in [0.15, 0.2) is 0 Å². The number of aromatic nitrogens is 1. The molecule has 0 fully saturated rings. The number of para-hydroxylation sites is 5. The highest BCUT2D eigenvalue weighted by atomic mass is 15.2. The van der Waals surface area contributed by atoms with E-state index in [2.05, 4.69) is 185 Å². The minimum absolute atomic E-state index is 0.0714. The van der Waals surface area contributed by atoms with E-state index in [1.807, 2.05) is 0 Å². The van der Waals surface area contributed by atoms with Gasteiger partial charge >= 0.3 is 0 Å². The number of fused-ring (bicyclic) bond motifs is 7. The number of nitrogens with zero attached hydrogens (tertiary/aromatic N) is 3. The predicted octanol–water partition coefficient (Wildman–Crippen LogP) is 9.17. The van der Waals surface area contributed by atoms with Gasteiger partial charge in [-0.1, -0.05) is 109 Å². The van der Waals surface area contributed by atoms with E-state index in [0.717, 1.165) is 11.4 Å². The van der Waals surface area contributed by atoms with Crippen LogP contribution in [-0.2, 0) is 0 Å². The highest BCUT2D eigenvalue weighted by Gasteiger charge is 2.44. The molecule has 4 heteroatoms. The zero-order valence-electron chi connectivity index (χ0n) is 26.0. The molecule has 0 spiro atoms. The van der Waals surface area contributed by atoms with E-state index >= 15 is 0 Å². The summed E-state index contributed by atoms with van der Waals surface area (Å²) in [5, 5.41) is 2.53. The average Bonchev–Trinajstić information content (AvgIpc) is 3.46. The minimum Gasteiger partial charge on any atom is -0.311 e. The number of benzene rings is 7. The SMILES string of the molecule is Cc1ccc(N2c3ccccc3B3c4ccccc4N(c4ccccc4)c4ccc(-n5c6ccccc6c6ccccc65)c2c43)cc1. The molecular weight excluding hydrogens is 569 g/mol. The standard InChI is InChI=1S/C43H30BN3/c1-29-23-25-31(26-24-29)46-39-22-12-8-18-35(39)44-34-17-7-11-21-38(34)45(30-13-3-2-4-14-30)40-27-28-41(43(46)42(40)44)47-36-19-9-5-15-32(36)33-16-6-10-20-37(33)47/h2-28H,1H3. The Morgan fingerprint density at radius 1 is 0.404 bits per heavy atom. The summed E-state index contributed by atoms with van der Waals surface area (Å²) in [6, 6.07) is 60.1. The molecule has 0 N–H and O–H groups in total. The van der Waals surface area contributed by atoms with Crippen LogP contribution >= 0.6 is 0 Å². The van der Waals surface area contributed by atoms with Gasteiger partial charge in [0.1, 0.15) is 0 Å². The van der Waals surface area contributed by atoms with Crippen molar-refractivity contribution in [1.82, 2.24) is 4.57 Å². The van der Waals surface area contributed by atoms with Crippen LogP contribution in [-0.4, -0.2) is 11.3 Å². The first kappa shape index (κ1) is 26.2. The first-order chi connectivity index (χ1) is 23.3. The van der Waals surface area contributed by atoms with Crippen LogP contribution in [0.4, 0.5) is 34.1 Å². The van der Waals surface area contributed by atoms with E-state index in [0.29, 0.717) is 0 Å². The lowest BCUT2D eigenvalue weighted by atomic mass is 9.33. The van der Waals surface area contributed by atoms with Crippen LogP contribution in [0.1, 0.15) is 5.56 Å². The number of hydrogen-bond acceptors (Lipinski definition) is 2. The number of rotatable bonds is 3. The summed E-state index contributed by atoms with van der Waals surface area (Å²) >= 11 is 0. The zero-order valence-corrected chi connectivity index (χ0v) is 26.0. The molecule has 0 saturated heterocycles. The molecule has 0 atom stereocenters. The normalized spacial score (nSPS) is 13.1. The van der Waals surface area contributed by atoms with E-state index in [1.165, 1.54) is 72.2 Å². The van der Waals surface area contributed by atoms with Gasteiger partial charge in [0.25, 0.3) is 6.71 Å². The van der Waals surface area contributed by atoms with Crippen LogP contribution in [0.2, 0.25) is 0 Å². The van der Waals surface area contributed by atoms with Gasteiger partial charge in [-0.3, -0.25) is 0 Å². The number of aryl methyl sites for hydroxylation is 1. The fraction of sp³-hybridized carbons (Fsp3) is 0.0233. The molecule has 8 aromatic rings. The summed E-state index contributed by atoms with van der Waals surface area (Å²) in [5.74, 6) is 0. The van der Waals surface area contributed by atoms with Crippen LogP contribution in [0.15, 0.2) is 164 Å². The van der Waals surface area contributed by atoms with Crippen LogP contribution in [0.25, 0.3) is 27.5 Å². The molecule has 47 heavy (non-hydrogen) atoms. The van der Waals surface area contributed by atoms with Gasteiger partial charge in [-0.2, -0.15) is 0 Å². The lowest BCUT2D eigenvalue weighted by Crippen LogP contribution is -2.61. The van der Waals surface area contributed by atoms with Crippen molar-refractivity contribution in [3.63, 3.8) is 0 Å². The van der Waals surface area contributed by atoms with Gasteiger partial charge in [-0.15, -0.1) is 0 Å². The third kappa shape index (κ3) is 3.70. The zero-order chi connectivity index (χ0) is 31.1. The van der Waals surface area contributed by atoms with E-state index in [-0.39, 0.29) is 6.71 Å². The molecular formula is C43H30BN3. The van der Waals surface area contributed by atoms with Crippen LogP contribution in [0.3, 0.4) is 0 Å². The van der Waals surface area contributed by atoms with Crippen molar-refractivity contribution in [2.24, 2.45) is 0 Å². The van der Waals surface area contributed by atoms with Gasteiger partial charge in [0.2, 0.25) is 0 Å². The monoisotopic (exact) mass is 599 g/mol. The minimum atomic E-state index is 0.0714. The number of anilines is 6. The molecule has 10 rings (SSSR count). The van der Waals surface area contributed by atoms with Crippen LogP contribution < -0.4 is 26.2 Å². The third-order valence-electron chi connectivity index (χ3n) is 10.0. The van der Waals surface area contributed by atoms with Crippen molar-refractivity contribution >= 4 is 79.0 Å². The summed E-state index contributed by atoms with van der Waals surface area (Å²) in [6.45, 7) is 2.23. The van der Waals surface area contributed by atoms with Gasteiger partial charge in [0, 0.05) is 39.2 Å². The van der Waals surface area contributed by atoms with Gasteiger partial charge in [0.05, 0.1) is 22.4 Å². The molecule has 0 bridgehead atoms. The van der Waals surface area contributed by atoms with Crippen molar-refractivity contribution in [3.05, 3.63) is 169 Å². The fourth-order valence-electron chi connectivity index (χ4n) is 8.08. The van der Waals surface area contributed by atoms with Gasteiger partial charge in [-0.25, -0.2) is 0 Å². The summed E-state index contributed by atoms with van der Waals surface area (Å²) in [4.78, 5) is 4.97. The van der Waals surface area contributed by atoms with Crippen molar-refractivity contribution in [1.29, 1.82) is 0 Å². The first-order valence-electron chi connectivity index (χ1n) is 16.3. The Morgan fingerprint density at radius 2 is 0.915 bits per heavy atom. The van der Waals surface area contributed by atoms with Gasteiger partial charge < -0.3 is 14.4 Å². The van der Waals surface area contributed by atoms with E-state index in [1.54, 1.807) is 0 Å². The average molecular weight is 600 g/mol. The first-order valence-corrected chi connectivity index (χ1v) is 16.3. The quantitative estimate of drug-likeness (QED) is 0.188. The van der Waals surface area contributed by atoms with Crippen molar-refractivity contribution in [2.45, 2.75) is 6.92 Å². The maximum absolute atomic E-state index is 2.51. The van der Waals surface area contributed by atoms with Crippen LogP contribution in [0, 0.1) is 6.92 Å². The Hall–Kier alpha value is -6.00. The molecule has 3 heterocycles. The molecule has 220 valence electrons. The van der Waals surface area contributed by atoms with E-state index < -0.39 is 0 Å². The highest BCUT2D eigenvalue weighted by Crippen LogP contribution is 2.47. The molecule has 0 amide bonds. The van der Waals surface area contributed by atoms with E-state index in [9.17, 15) is 0 Å². The van der Waals surface area contributed by atoms with Crippen molar-refractivity contribution in [2.75, 3.05) is 9.80 Å². The van der Waals surface area contributed by atoms with Gasteiger partial charge in [-0.05, 0) is 84.0 Å². The molecule has 7 aromatic carbocycles. The van der Waals surface area contributed by atoms with Crippen molar-refractivity contribution in [3.8, 4) is 5.69 Å². The maximum Gasteiger partial charge on any atom is 0.252 e. The molecule has 0 unspecified atom stereocenters. The maximum atomic E-state index is 2.51. The Morgan fingerprint density at radius 3 is 1.57 bits per heavy atom. The molecule has 0 saturated carbocycles. The molecule has 0 radical (unpaired) electrons. The molecule has 2 aliphatic heterocycles. The van der Waals surface area contributed by atoms with Crippen molar-refractivity contribution < 1.29 is 0 Å². The fourth-order valence-corrected chi connectivity index (χ4v) is 8.08. The topological polar surface area (TPSA) is 11.4 Å². The number of hydrogen-bond donors (Lipinski definition) is 0. The lowest BCUT2D eigenvalue weighted by molar-refractivity contribution is 1.15. The summed E-state index contributed by atoms with van der Waals surface area (Å²) in [7, 11) is 0. The predicted molar refractivity (Wildman–Crippen MR) is 200 cm³/mol. The molecule has 1 aromatic heterocycles. The molecule has 3 nitrogen and oxygen atoms in total. The Balaban J connectivity index is 1.39. The summed E-state index contributed by atoms with van der Waals surface area (Å²) in [5.41, 5.74) is 16.0. The lowest BCUT2D eigenvalue weighted by Gasteiger charge is -2.45. The molecule has 2 aliphatic rings. The van der Waals surface area contributed by atoms with Crippen LogP contribution in [0.5, 0.6) is 0 Å². The second kappa shape index (κ2) is 10.0. The Bertz CT molecular complexity index is 2440. The second-order valence-corrected chi connectivity index (χ2v) is 12.6. The summed E-state index contributed by atoms with van der Waals surface area (Å²) in [6.07, 6.45) is 0. The Labute approximate surface area is 274 Å². The van der Waals surface area contributed by atoms with E-state index in [4.69, 9.17) is 0 Å². The largest absolute Gasteiger partial charge is 0.311 e. The summed E-state index contributed by atoms with van der Waals surface area (Å²) < 4.78 is 2.49. The third-order valence-corrected chi connectivity index (χ3v) is 10.0.